The summed E-state index contributed by atoms with van der Waals surface area (Å²) in [5, 5.41) is 0. The number of hydrogen-bond donors (Lipinski definition) is 1. The molecule has 2 N–H and O–H groups in total. The molecule has 0 amide bonds. The summed E-state index contributed by atoms with van der Waals surface area (Å²) in [6, 6.07) is 1.09. The van der Waals surface area contributed by atoms with Crippen LogP contribution in [0.5, 0.6) is 0 Å². The third-order valence-corrected chi connectivity index (χ3v) is 3.34. The summed E-state index contributed by atoms with van der Waals surface area (Å²) in [6.07, 6.45) is 3.85. The molecule has 1 fully saturated rings. The number of likely N-dealkylation sites (N-methyl/N-ethyl adjacent to an activating group) is 1. The van der Waals surface area contributed by atoms with Crippen molar-refractivity contribution in [2.24, 2.45) is 11.7 Å². The van der Waals surface area contributed by atoms with E-state index in [1.165, 1.54) is 12.8 Å². The van der Waals surface area contributed by atoms with Gasteiger partial charge in [-0.25, -0.2) is 0 Å². The summed E-state index contributed by atoms with van der Waals surface area (Å²) in [4.78, 5) is 2.42. The zero-order valence-corrected chi connectivity index (χ0v) is 9.70. The van der Waals surface area contributed by atoms with E-state index in [4.69, 9.17) is 10.5 Å². The van der Waals surface area contributed by atoms with Gasteiger partial charge in [0.2, 0.25) is 0 Å². The normalized spacial score (nSPS) is 21.2. The van der Waals surface area contributed by atoms with Crippen LogP contribution in [0.3, 0.4) is 0 Å². The lowest BCUT2D eigenvalue weighted by molar-refractivity contribution is 0.0729. The third kappa shape index (κ3) is 2.94. The number of nitrogens with zero attached hydrogens (tertiary/aromatic N) is 1. The van der Waals surface area contributed by atoms with Crippen molar-refractivity contribution >= 4 is 0 Å². The highest BCUT2D eigenvalue weighted by molar-refractivity contribution is 4.89. The Balaban J connectivity index is 2.45. The van der Waals surface area contributed by atoms with Crippen LogP contribution in [0.1, 0.15) is 26.2 Å². The molecule has 2 unspecified atom stereocenters. The highest BCUT2D eigenvalue weighted by Gasteiger charge is 2.34. The third-order valence-electron chi connectivity index (χ3n) is 3.34. The molecule has 14 heavy (non-hydrogen) atoms. The number of methoxy groups -OCH3 is 1. The molecule has 1 aliphatic carbocycles. The lowest BCUT2D eigenvalue weighted by Gasteiger charge is -2.33. The Morgan fingerprint density at radius 1 is 1.50 bits per heavy atom. The molecule has 0 aromatic heterocycles. The van der Waals surface area contributed by atoms with Crippen molar-refractivity contribution in [1.82, 2.24) is 4.90 Å². The van der Waals surface area contributed by atoms with Crippen molar-refractivity contribution in [1.29, 1.82) is 0 Å². The second-order valence-corrected chi connectivity index (χ2v) is 4.32. The smallest absolute Gasteiger partial charge is 0.0617 e. The number of hydrogen-bond acceptors (Lipinski definition) is 3. The Hall–Kier alpha value is -0.120. The molecule has 0 saturated heterocycles. The summed E-state index contributed by atoms with van der Waals surface area (Å²) in [6.45, 7) is 3.80. The van der Waals surface area contributed by atoms with E-state index in [1.807, 2.05) is 0 Å². The molecule has 0 aromatic rings. The lowest BCUT2D eigenvalue weighted by atomic mass is 10.1. The molecule has 1 rings (SSSR count). The number of nitrogens with two attached hydrogens (primary N) is 1. The van der Waals surface area contributed by atoms with Gasteiger partial charge in [0.05, 0.1) is 6.61 Å². The van der Waals surface area contributed by atoms with Crippen molar-refractivity contribution in [3.8, 4) is 0 Å². The molecule has 3 heteroatoms. The molecule has 0 spiro atoms. The molecule has 3 nitrogen and oxygen atoms in total. The first-order valence-electron chi connectivity index (χ1n) is 5.65. The average molecular weight is 200 g/mol. The Bertz CT molecular complexity index is 159. The van der Waals surface area contributed by atoms with Gasteiger partial charge in [0, 0.05) is 25.7 Å². The van der Waals surface area contributed by atoms with Crippen molar-refractivity contribution in [2.75, 3.05) is 27.3 Å². The summed E-state index contributed by atoms with van der Waals surface area (Å²) in [5.74, 6) is 0.843. The van der Waals surface area contributed by atoms with Crippen LogP contribution in [0.2, 0.25) is 0 Å². The van der Waals surface area contributed by atoms with E-state index in [1.54, 1.807) is 7.11 Å². The SMILES string of the molecule is CCC(COC)N(C)C(CN)C1CC1. The fourth-order valence-electron chi connectivity index (χ4n) is 2.16. The first-order chi connectivity index (χ1) is 6.74. The topological polar surface area (TPSA) is 38.5 Å². The van der Waals surface area contributed by atoms with Crippen LogP contribution in [0, 0.1) is 5.92 Å². The Kier molecular flexibility index (Phi) is 4.85. The minimum absolute atomic E-state index is 0.522. The second-order valence-electron chi connectivity index (χ2n) is 4.32. The molecular weight excluding hydrogens is 176 g/mol. The van der Waals surface area contributed by atoms with Crippen molar-refractivity contribution in [3.05, 3.63) is 0 Å². The van der Waals surface area contributed by atoms with E-state index in [9.17, 15) is 0 Å². The Morgan fingerprint density at radius 2 is 2.14 bits per heavy atom. The fourth-order valence-corrected chi connectivity index (χ4v) is 2.16. The van der Waals surface area contributed by atoms with Gasteiger partial charge < -0.3 is 10.5 Å². The first-order valence-corrected chi connectivity index (χ1v) is 5.65. The zero-order chi connectivity index (χ0) is 10.6. The van der Waals surface area contributed by atoms with E-state index in [2.05, 4.69) is 18.9 Å². The van der Waals surface area contributed by atoms with Crippen LogP contribution in [-0.2, 0) is 4.74 Å². The number of rotatable bonds is 7. The molecular formula is C11H24N2O. The van der Waals surface area contributed by atoms with Gasteiger partial charge in [-0.3, -0.25) is 4.90 Å². The lowest BCUT2D eigenvalue weighted by Crippen LogP contribution is -2.47. The van der Waals surface area contributed by atoms with Gasteiger partial charge in [-0.1, -0.05) is 6.92 Å². The van der Waals surface area contributed by atoms with Gasteiger partial charge in [-0.05, 0) is 32.2 Å². The molecule has 0 aromatic carbocycles. The van der Waals surface area contributed by atoms with Crippen molar-refractivity contribution in [2.45, 2.75) is 38.3 Å². The van der Waals surface area contributed by atoms with Crippen molar-refractivity contribution < 1.29 is 4.74 Å². The minimum Gasteiger partial charge on any atom is -0.383 e. The van der Waals surface area contributed by atoms with Crippen molar-refractivity contribution in [3.63, 3.8) is 0 Å². The molecule has 1 aliphatic rings. The molecule has 1 saturated carbocycles. The van der Waals surface area contributed by atoms with Gasteiger partial charge in [0.15, 0.2) is 0 Å². The second kappa shape index (κ2) is 5.69. The molecule has 0 bridgehead atoms. The molecule has 2 atom stereocenters. The van der Waals surface area contributed by atoms with Crippen LogP contribution >= 0.6 is 0 Å². The maximum absolute atomic E-state index is 5.82. The van der Waals surface area contributed by atoms with E-state index in [0.29, 0.717) is 12.1 Å². The van der Waals surface area contributed by atoms with Crippen LogP contribution in [0.15, 0.2) is 0 Å². The predicted octanol–water partition coefficient (Wildman–Crippen LogP) is 1.08. The molecule has 0 radical (unpaired) electrons. The maximum atomic E-state index is 5.82. The molecule has 0 heterocycles. The zero-order valence-electron chi connectivity index (χ0n) is 9.70. The summed E-state index contributed by atoms with van der Waals surface area (Å²) in [5.41, 5.74) is 5.82. The van der Waals surface area contributed by atoms with Gasteiger partial charge in [0.25, 0.3) is 0 Å². The summed E-state index contributed by atoms with van der Waals surface area (Å²) in [7, 11) is 3.95. The quantitative estimate of drug-likeness (QED) is 0.668. The average Bonchev–Trinajstić information content (AvgIpc) is 2.99. The van der Waals surface area contributed by atoms with E-state index in [-0.39, 0.29) is 0 Å². The van der Waals surface area contributed by atoms with Crippen LogP contribution in [0.25, 0.3) is 0 Å². The molecule has 84 valence electrons. The van der Waals surface area contributed by atoms with Crippen LogP contribution < -0.4 is 5.73 Å². The Morgan fingerprint density at radius 3 is 2.50 bits per heavy atom. The first kappa shape index (κ1) is 12.0. The summed E-state index contributed by atoms with van der Waals surface area (Å²) < 4.78 is 5.23. The van der Waals surface area contributed by atoms with Gasteiger partial charge >= 0.3 is 0 Å². The Labute approximate surface area is 87.6 Å². The van der Waals surface area contributed by atoms with E-state index >= 15 is 0 Å². The highest BCUT2D eigenvalue weighted by Crippen LogP contribution is 2.35. The van der Waals surface area contributed by atoms with Gasteiger partial charge in [-0.15, -0.1) is 0 Å². The maximum Gasteiger partial charge on any atom is 0.0617 e. The van der Waals surface area contributed by atoms with Crippen LogP contribution in [-0.4, -0.2) is 44.3 Å². The molecule has 0 aliphatic heterocycles. The van der Waals surface area contributed by atoms with Gasteiger partial charge in [-0.2, -0.15) is 0 Å². The van der Waals surface area contributed by atoms with E-state index in [0.717, 1.165) is 25.5 Å². The standard InChI is InChI=1S/C11H24N2O/c1-4-10(8-14-3)13(2)11(7-12)9-5-6-9/h9-11H,4-8,12H2,1-3H3. The van der Waals surface area contributed by atoms with E-state index < -0.39 is 0 Å². The predicted molar refractivity (Wildman–Crippen MR) is 59.3 cm³/mol. The minimum atomic E-state index is 0.522. The largest absolute Gasteiger partial charge is 0.383 e. The van der Waals surface area contributed by atoms with Crippen LogP contribution in [0.4, 0.5) is 0 Å². The number of ether oxygens (including phenoxy) is 1. The summed E-state index contributed by atoms with van der Waals surface area (Å²) >= 11 is 0. The highest BCUT2D eigenvalue weighted by atomic mass is 16.5. The monoisotopic (exact) mass is 200 g/mol. The fraction of sp³-hybridized carbons (Fsp3) is 1.00. The van der Waals surface area contributed by atoms with Gasteiger partial charge in [0.1, 0.15) is 0 Å².